The summed E-state index contributed by atoms with van der Waals surface area (Å²) in [6.45, 7) is 3.47. The number of aromatic nitrogens is 1. The lowest BCUT2D eigenvalue weighted by Crippen LogP contribution is -2.13. The first-order valence-corrected chi connectivity index (χ1v) is 4.59. The van der Waals surface area contributed by atoms with Crippen molar-refractivity contribution in [3.63, 3.8) is 0 Å². The quantitative estimate of drug-likeness (QED) is 0.693. The third-order valence-electron chi connectivity index (χ3n) is 2.33. The zero-order valence-corrected chi connectivity index (χ0v) is 8.40. The van der Waals surface area contributed by atoms with E-state index in [1.165, 1.54) is 6.07 Å². The van der Waals surface area contributed by atoms with Crippen LogP contribution in [0.3, 0.4) is 0 Å². The third-order valence-corrected chi connectivity index (χ3v) is 2.33. The molecular formula is C10H11F4N. The van der Waals surface area contributed by atoms with Crippen molar-refractivity contribution in [2.24, 2.45) is 0 Å². The second-order valence-corrected chi connectivity index (χ2v) is 3.37. The molecule has 0 aliphatic carbocycles. The molecule has 0 fully saturated rings. The number of halogens is 4. The van der Waals surface area contributed by atoms with E-state index >= 15 is 0 Å². The van der Waals surface area contributed by atoms with Gasteiger partial charge in [0.2, 0.25) is 0 Å². The number of hydrogen-bond donors (Lipinski definition) is 0. The van der Waals surface area contributed by atoms with Crippen LogP contribution in [0.2, 0.25) is 0 Å². The van der Waals surface area contributed by atoms with Crippen LogP contribution >= 0.6 is 0 Å². The molecule has 0 aromatic carbocycles. The molecule has 0 aliphatic rings. The first-order valence-electron chi connectivity index (χ1n) is 4.59. The fourth-order valence-electron chi connectivity index (χ4n) is 1.26. The molecule has 0 saturated carbocycles. The predicted molar refractivity (Wildman–Crippen MR) is 47.9 cm³/mol. The first kappa shape index (κ1) is 11.9. The molecule has 1 unspecified atom stereocenters. The van der Waals surface area contributed by atoms with Crippen molar-refractivity contribution in [1.82, 2.24) is 4.98 Å². The molecule has 1 heterocycles. The molecule has 15 heavy (non-hydrogen) atoms. The van der Waals surface area contributed by atoms with Gasteiger partial charge in [-0.25, -0.2) is 9.37 Å². The van der Waals surface area contributed by atoms with Crippen LogP contribution in [0.15, 0.2) is 12.3 Å². The Bertz CT molecular complexity index is 346. The lowest BCUT2D eigenvalue weighted by atomic mass is 9.98. The zero-order valence-electron chi connectivity index (χ0n) is 8.40. The minimum absolute atomic E-state index is 0.0693. The van der Waals surface area contributed by atoms with Crippen molar-refractivity contribution in [3.05, 3.63) is 29.3 Å². The SMILES string of the molecule is CCC(C)c1ccnc(C(F)(F)F)c1F. The molecule has 1 nitrogen and oxygen atoms in total. The molecule has 0 N–H and O–H groups in total. The number of rotatable bonds is 2. The summed E-state index contributed by atoms with van der Waals surface area (Å²) in [5.74, 6) is -1.49. The summed E-state index contributed by atoms with van der Waals surface area (Å²) < 4.78 is 50.3. The second kappa shape index (κ2) is 4.16. The second-order valence-electron chi connectivity index (χ2n) is 3.37. The molecule has 0 spiro atoms. The molecule has 1 aromatic heterocycles. The van der Waals surface area contributed by atoms with Crippen LogP contribution in [0.4, 0.5) is 17.6 Å². The average molecular weight is 221 g/mol. The highest BCUT2D eigenvalue weighted by Gasteiger charge is 2.37. The maximum absolute atomic E-state index is 13.4. The maximum atomic E-state index is 13.4. The number of nitrogens with zero attached hydrogens (tertiary/aromatic N) is 1. The first-order chi connectivity index (χ1) is 6.88. The molecule has 1 atom stereocenters. The number of hydrogen-bond acceptors (Lipinski definition) is 1. The van der Waals surface area contributed by atoms with Gasteiger partial charge in [0, 0.05) is 6.20 Å². The standard InChI is InChI=1S/C10H11F4N/c1-3-6(2)7-4-5-15-9(8(7)11)10(12,13)14/h4-6H,3H2,1-2H3. The molecule has 0 bridgehead atoms. The minimum Gasteiger partial charge on any atom is -0.249 e. The van der Waals surface area contributed by atoms with E-state index in [1.807, 2.05) is 0 Å². The van der Waals surface area contributed by atoms with Crippen LogP contribution in [0.25, 0.3) is 0 Å². The molecule has 0 aliphatic heterocycles. The topological polar surface area (TPSA) is 12.9 Å². The van der Waals surface area contributed by atoms with Gasteiger partial charge in [-0.15, -0.1) is 0 Å². The smallest absolute Gasteiger partial charge is 0.249 e. The maximum Gasteiger partial charge on any atom is 0.436 e. The third kappa shape index (κ3) is 2.46. The number of pyridine rings is 1. The lowest BCUT2D eigenvalue weighted by molar-refractivity contribution is -0.143. The molecular weight excluding hydrogens is 210 g/mol. The van der Waals surface area contributed by atoms with E-state index in [9.17, 15) is 17.6 Å². The van der Waals surface area contributed by atoms with Gasteiger partial charge in [-0.2, -0.15) is 13.2 Å². The fourth-order valence-corrected chi connectivity index (χ4v) is 1.26. The van der Waals surface area contributed by atoms with Gasteiger partial charge in [0.15, 0.2) is 11.5 Å². The van der Waals surface area contributed by atoms with Gasteiger partial charge in [0.25, 0.3) is 0 Å². The van der Waals surface area contributed by atoms with Gasteiger partial charge < -0.3 is 0 Å². The monoisotopic (exact) mass is 221 g/mol. The van der Waals surface area contributed by atoms with Crippen LogP contribution in [0.1, 0.15) is 37.4 Å². The number of alkyl halides is 3. The van der Waals surface area contributed by atoms with E-state index in [1.54, 1.807) is 13.8 Å². The van der Waals surface area contributed by atoms with E-state index < -0.39 is 17.7 Å². The summed E-state index contributed by atoms with van der Waals surface area (Å²) >= 11 is 0. The van der Waals surface area contributed by atoms with Gasteiger partial charge in [0.05, 0.1) is 0 Å². The summed E-state index contributed by atoms with van der Waals surface area (Å²) in [4.78, 5) is 3.03. The van der Waals surface area contributed by atoms with E-state index in [2.05, 4.69) is 4.98 Å². The summed E-state index contributed by atoms with van der Waals surface area (Å²) in [7, 11) is 0. The summed E-state index contributed by atoms with van der Waals surface area (Å²) in [6, 6.07) is 1.29. The normalized spacial score (nSPS) is 14.0. The van der Waals surface area contributed by atoms with Gasteiger partial charge in [-0.1, -0.05) is 13.8 Å². The van der Waals surface area contributed by atoms with Crippen LogP contribution < -0.4 is 0 Å². The average Bonchev–Trinajstić information content (AvgIpc) is 2.15. The van der Waals surface area contributed by atoms with Crippen molar-refractivity contribution in [3.8, 4) is 0 Å². The Morgan fingerprint density at radius 1 is 1.40 bits per heavy atom. The van der Waals surface area contributed by atoms with Gasteiger partial charge in [-0.05, 0) is 24.0 Å². The molecule has 0 amide bonds. The van der Waals surface area contributed by atoms with Crippen molar-refractivity contribution >= 4 is 0 Å². The molecule has 84 valence electrons. The Labute approximate surface area is 85.1 Å². The highest BCUT2D eigenvalue weighted by Crippen LogP contribution is 2.33. The van der Waals surface area contributed by atoms with Crippen molar-refractivity contribution in [2.75, 3.05) is 0 Å². The fraction of sp³-hybridized carbons (Fsp3) is 0.500. The Morgan fingerprint density at radius 2 is 2.00 bits per heavy atom. The Kier molecular flexibility index (Phi) is 3.31. The van der Waals surface area contributed by atoms with Gasteiger partial charge in [-0.3, -0.25) is 0 Å². The molecule has 1 rings (SSSR count). The van der Waals surface area contributed by atoms with E-state index in [-0.39, 0.29) is 11.5 Å². The van der Waals surface area contributed by atoms with Gasteiger partial charge >= 0.3 is 6.18 Å². The largest absolute Gasteiger partial charge is 0.436 e. The van der Waals surface area contributed by atoms with Crippen LogP contribution in [-0.2, 0) is 6.18 Å². The van der Waals surface area contributed by atoms with Gasteiger partial charge in [0.1, 0.15) is 0 Å². The summed E-state index contributed by atoms with van der Waals surface area (Å²) in [6.07, 6.45) is -3.15. The predicted octanol–water partition coefficient (Wildman–Crippen LogP) is 3.75. The molecule has 5 heteroatoms. The van der Waals surface area contributed by atoms with Crippen LogP contribution in [-0.4, -0.2) is 4.98 Å². The Balaban J connectivity index is 3.23. The van der Waals surface area contributed by atoms with Crippen molar-refractivity contribution < 1.29 is 17.6 Å². The van der Waals surface area contributed by atoms with E-state index in [0.29, 0.717) is 6.42 Å². The van der Waals surface area contributed by atoms with Crippen molar-refractivity contribution in [2.45, 2.75) is 32.4 Å². The van der Waals surface area contributed by atoms with Crippen LogP contribution in [0, 0.1) is 5.82 Å². The minimum atomic E-state index is -4.73. The lowest BCUT2D eigenvalue weighted by Gasteiger charge is -2.13. The van der Waals surface area contributed by atoms with E-state index in [0.717, 1.165) is 6.20 Å². The zero-order chi connectivity index (χ0) is 11.6. The highest BCUT2D eigenvalue weighted by atomic mass is 19.4. The van der Waals surface area contributed by atoms with Crippen molar-refractivity contribution in [1.29, 1.82) is 0 Å². The van der Waals surface area contributed by atoms with E-state index in [4.69, 9.17) is 0 Å². The summed E-state index contributed by atoms with van der Waals surface area (Å²) in [5.41, 5.74) is -1.36. The molecule has 0 radical (unpaired) electrons. The molecule has 1 aromatic rings. The highest BCUT2D eigenvalue weighted by molar-refractivity contribution is 5.24. The summed E-state index contributed by atoms with van der Waals surface area (Å²) in [5, 5.41) is 0. The Hall–Kier alpha value is -1.13. The van der Waals surface area contributed by atoms with Crippen LogP contribution in [0.5, 0.6) is 0 Å². The molecule has 0 saturated heterocycles. The Morgan fingerprint density at radius 3 is 2.47 bits per heavy atom.